The predicted octanol–water partition coefficient (Wildman–Crippen LogP) is 1.47. The fraction of sp³-hybridized carbons (Fsp3) is 0.500. The highest BCUT2D eigenvalue weighted by atomic mass is 19.1. The van der Waals surface area contributed by atoms with Crippen LogP contribution in [0.25, 0.3) is 0 Å². The summed E-state index contributed by atoms with van der Waals surface area (Å²) in [6.45, 7) is 1.04. The number of nitrogens with zero attached hydrogens (tertiary/aromatic N) is 2. The van der Waals surface area contributed by atoms with E-state index in [-0.39, 0.29) is 11.9 Å². The van der Waals surface area contributed by atoms with Gasteiger partial charge in [-0.05, 0) is 18.9 Å². The topological polar surface area (TPSA) is 42.4 Å². The Morgan fingerprint density at radius 1 is 1.65 bits per heavy atom. The number of ether oxygens (including phenoxy) is 1. The van der Waals surface area contributed by atoms with Crippen LogP contribution in [0.5, 0.6) is 0 Å². The summed E-state index contributed by atoms with van der Waals surface area (Å²) in [5.41, 5.74) is 0.348. The molecule has 0 spiro atoms. The Balaban J connectivity index is 2.10. The lowest BCUT2D eigenvalue weighted by atomic mass is 10.2. The Bertz CT molecular complexity index is 407. The minimum atomic E-state index is -0.627. The van der Waals surface area contributed by atoms with Crippen molar-refractivity contribution in [1.82, 2.24) is 9.88 Å². The largest absolute Gasteiger partial charge is 0.383 e. The van der Waals surface area contributed by atoms with Crippen molar-refractivity contribution >= 4 is 5.91 Å². The molecule has 92 valence electrons. The zero-order chi connectivity index (χ0) is 12.3. The zero-order valence-electron chi connectivity index (χ0n) is 9.73. The molecule has 5 heteroatoms. The SMILES string of the molecule is COCCN(C(=O)c1ccnc(F)c1)C1CC1. The first-order valence-corrected chi connectivity index (χ1v) is 5.64. The third-order valence-electron chi connectivity index (χ3n) is 2.76. The first-order valence-electron chi connectivity index (χ1n) is 5.64. The second-order valence-electron chi connectivity index (χ2n) is 4.09. The van der Waals surface area contributed by atoms with Crippen molar-refractivity contribution in [1.29, 1.82) is 0 Å². The fourth-order valence-corrected chi connectivity index (χ4v) is 1.73. The molecule has 1 heterocycles. The maximum atomic E-state index is 13.0. The lowest BCUT2D eigenvalue weighted by Gasteiger charge is -2.21. The summed E-state index contributed by atoms with van der Waals surface area (Å²) >= 11 is 0. The van der Waals surface area contributed by atoms with E-state index in [1.54, 1.807) is 12.0 Å². The predicted molar refractivity (Wildman–Crippen MR) is 60.1 cm³/mol. The van der Waals surface area contributed by atoms with Gasteiger partial charge in [-0.2, -0.15) is 4.39 Å². The fourth-order valence-electron chi connectivity index (χ4n) is 1.73. The molecule has 1 aliphatic carbocycles. The molecule has 4 nitrogen and oxygen atoms in total. The Kier molecular flexibility index (Phi) is 3.68. The van der Waals surface area contributed by atoms with Gasteiger partial charge in [0, 0.05) is 37.5 Å². The van der Waals surface area contributed by atoms with Crippen LogP contribution in [0.1, 0.15) is 23.2 Å². The summed E-state index contributed by atoms with van der Waals surface area (Å²) in [5, 5.41) is 0. The van der Waals surface area contributed by atoms with Gasteiger partial charge in [-0.3, -0.25) is 4.79 Å². The highest BCUT2D eigenvalue weighted by Gasteiger charge is 2.32. The third kappa shape index (κ3) is 3.00. The van der Waals surface area contributed by atoms with Crippen LogP contribution in [-0.2, 0) is 4.74 Å². The maximum Gasteiger partial charge on any atom is 0.254 e. The molecular weight excluding hydrogens is 223 g/mol. The van der Waals surface area contributed by atoms with Crippen LogP contribution in [0.2, 0.25) is 0 Å². The molecule has 0 saturated heterocycles. The average Bonchev–Trinajstić information content (AvgIpc) is 3.14. The molecule has 17 heavy (non-hydrogen) atoms. The molecule has 2 rings (SSSR count). The molecule has 0 radical (unpaired) electrons. The number of pyridine rings is 1. The van der Waals surface area contributed by atoms with Crippen LogP contribution in [0, 0.1) is 5.95 Å². The van der Waals surface area contributed by atoms with Crippen LogP contribution in [-0.4, -0.2) is 42.1 Å². The number of carbonyl (C=O) groups is 1. The van der Waals surface area contributed by atoms with E-state index < -0.39 is 5.95 Å². The van der Waals surface area contributed by atoms with Gasteiger partial charge in [0.05, 0.1) is 6.61 Å². The van der Waals surface area contributed by atoms with Crippen molar-refractivity contribution in [3.63, 3.8) is 0 Å². The van der Waals surface area contributed by atoms with Crippen LogP contribution in [0.3, 0.4) is 0 Å². The van der Waals surface area contributed by atoms with Gasteiger partial charge in [0.15, 0.2) is 0 Å². The number of amides is 1. The average molecular weight is 238 g/mol. The highest BCUT2D eigenvalue weighted by Crippen LogP contribution is 2.28. The normalized spacial score (nSPS) is 14.7. The van der Waals surface area contributed by atoms with Gasteiger partial charge in [0.2, 0.25) is 5.95 Å². The Hall–Kier alpha value is -1.49. The molecule has 1 fully saturated rings. The van der Waals surface area contributed by atoms with E-state index in [2.05, 4.69) is 4.98 Å². The molecule has 0 bridgehead atoms. The third-order valence-corrected chi connectivity index (χ3v) is 2.76. The Morgan fingerprint density at radius 2 is 2.41 bits per heavy atom. The van der Waals surface area contributed by atoms with Gasteiger partial charge in [-0.15, -0.1) is 0 Å². The number of carbonyl (C=O) groups excluding carboxylic acids is 1. The summed E-state index contributed by atoms with van der Waals surface area (Å²) in [6.07, 6.45) is 3.34. The summed E-state index contributed by atoms with van der Waals surface area (Å²) in [4.78, 5) is 17.4. The summed E-state index contributed by atoms with van der Waals surface area (Å²) in [6, 6.07) is 2.99. The van der Waals surface area contributed by atoms with Gasteiger partial charge in [-0.25, -0.2) is 4.98 Å². The summed E-state index contributed by atoms with van der Waals surface area (Å²) < 4.78 is 17.9. The first kappa shape index (κ1) is 12.0. The summed E-state index contributed by atoms with van der Waals surface area (Å²) in [7, 11) is 1.60. The van der Waals surface area contributed by atoms with Crippen molar-refractivity contribution in [2.75, 3.05) is 20.3 Å². The van der Waals surface area contributed by atoms with Gasteiger partial charge in [0.25, 0.3) is 5.91 Å². The van der Waals surface area contributed by atoms with E-state index in [4.69, 9.17) is 4.74 Å². The molecule has 0 aromatic carbocycles. The second kappa shape index (κ2) is 5.23. The molecule has 1 aromatic rings. The van der Waals surface area contributed by atoms with E-state index in [1.165, 1.54) is 18.3 Å². The lowest BCUT2D eigenvalue weighted by molar-refractivity contribution is 0.0679. The monoisotopic (exact) mass is 238 g/mol. The van der Waals surface area contributed by atoms with E-state index in [9.17, 15) is 9.18 Å². The van der Waals surface area contributed by atoms with E-state index in [0.717, 1.165) is 12.8 Å². The second-order valence-corrected chi connectivity index (χ2v) is 4.09. The van der Waals surface area contributed by atoms with Crippen LogP contribution < -0.4 is 0 Å². The van der Waals surface area contributed by atoms with Gasteiger partial charge < -0.3 is 9.64 Å². The van der Waals surface area contributed by atoms with E-state index in [1.807, 2.05) is 0 Å². The minimum absolute atomic E-state index is 0.147. The number of rotatable bonds is 5. The molecular formula is C12H15FN2O2. The molecule has 1 saturated carbocycles. The molecule has 0 unspecified atom stereocenters. The molecule has 1 aromatic heterocycles. The Labute approximate surface area is 99.4 Å². The van der Waals surface area contributed by atoms with E-state index >= 15 is 0 Å². The number of hydrogen-bond donors (Lipinski definition) is 0. The van der Waals surface area contributed by atoms with Crippen molar-refractivity contribution in [2.45, 2.75) is 18.9 Å². The highest BCUT2D eigenvalue weighted by molar-refractivity contribution is 5.94. The van der Waals surface area contributed by atoms with Gasteiger partial charge in [-0.1, -0.05) is 0 Å². The van der Waals surface area contributed by atoms with Crippen molar-refractivity contribution in [3.8, 4) is 0 Å². The van der Waals surface area contributed by atoms with Gasteiger partial charge >= 0.3 is 0 Å². The zero-order valence-corrected chi connectivity index (χ0v) is 9.73. The smallest absolute Gasteiger partial charge is 0.254 e. The maximum absolute atomic E-state index is 13.0. The summed E-state index contributed by atoms with van der Waals surface area (Å²) in [5.74, 6) is -0.774. The van der Waals surface area contributed by atoms with E-state index in [0.29, 0.717) is 18.7 Å². The first-order chi connectivity index (χ1) is 8.22. The van der Waals surface area contributed by atoms with Gasteiger partial charge in [0.1, 0.15) is 0 Å². The van der Waals surface area contributed by atoms with Crippen molar-refractivity contribution < 1.29 is 13.9 Å². The molecule has 0 N–H and O–H groups in total. The number of hydrogen-bond acceptors (Lipinski definition) is 3. The molecule has 1 amide bonds. The number of methoxy groups -OCH3 is 1. The molecule has 0 atom stereocenters. The van der Waals surface area contributed by atoms with Crippen LogP contribution >= 0.6 is 0 Å². The molecule has 0 aliphatic heterocycles. The standard InChI is InChI=1S/C12H15FN2O2/c1-17-7-6-15(10-2-3-10)12(16)9-4-5-14-11(13)8-9/h4-5,8,10H,2-3,6-7H2,1H3. The van der Waals surface area contributed by atoms with Crippen LogP contribution in [0.15, 0.2) is 18.3 Å². The number of aromatic nitrogens is 1. The van der Waals surface area contributed by atoms with Crippen LogP contribution in [0.4, 0.5) is 4.39 Å². The Morgan fingerprint density at radius 3 is 3.00 bits per heavy atom. The van der Waals surface area contributed by atoms with Crippen molar-refractivity contribution in [3.05, 3.63) is 29.8 Å². The number of halogens is 1. The quantitative estimate of drug-likeness (QED) is 0.729. The van der Waals surface area contributed by atoms with Crippen molar-refractivity contribution in [2.24, 2.45) is 0 Å². The molecule has 1 aliphatic rings. The minimum Gasteiger partial charge on any atom is -0.383 e. The lowest BCUT2D eigenvalue weighted by Crippen LogP contribution is -2.35.